The van der Waals surface area contributed by atoms with Crippen LogP contribution in [0.2, 0.25) is 0 Å². The first-order valence-corrected chi connectivity index (χ1v) is 10.1. The predicted octanol–water partition coefficient (Wildman–Crippen LogP) is 3.40. The molecule has 170 valence electrons. The molecule has 0 unspecified atom stereocenters. The molecule has 0 aromatic heterocycles. The number of benzene rings is 1. The van der Waals surface area contributed by atoms with Gasteiger partial charge in [-0.3, -0.25) is 4.79 Å². The van der Waals surface area contributed by atoms with Gasteiger partial charge < -0.3 is 14.2 Å². The summed E-state index contributed by atoms with van der Waals surface area (Å²) >= 11 is 0. The van der Waals surface area contributed by atoms with Crippen molar-refractivity contribution in [2.45, 2.75) is 78.2 Å². The maximum atomic E-state index is 13.5. The molecule has 1 aromatic rings. The molecule has 0 fully saturated rings. The lowest BCUT2D eigenvalue weighted by Crippen LogP contribution is -2.68. The van der Waals surface area contributed by atoms with E-state index in [4.69, 9.17) is 14.2 Å². The number of nitrogens with one attached hydrogen (secondary N) is 1. The van der Waals surface area contributed by atoms with Crippen LogP contribution in [-0.2, 0) is 25.4 Å². The van der Waals surface area contributed by atoms with Crippen LogP contribution < -0.4 is 5.43 Å². The number of Topliss-reactive ketones (excluding diaryl/α,β-unsaturated/α-hetero) is 1. The van der Waals surface area contributed by atoms with Gasteiger partial charge in [-0.25, -0.2) is 19.8 Å². The highest BCUT2D eigenvalue weighted by atomic mass is 16.6. The molecule has 9 heteroatoms. The Morgan fingerprint density at radius 3 is 2.13 bits per heavy atom. The van der Waals surface area contributed by atoms with Crippen LogP contribution >= 0.6 is 0 Å². The molecular formula is C22H30N2O7. The molecule has 0 bridgehead atoms. The second-order valence-electron chi connectivity index (χ2n) is 8.86. The highest BCUT2D eigenvalue weighted by Crippen LogP contribution is 2.36. The number of esters is 1. The van der Waals surface area contributed by atoms with Gasteiger partial charge in [-0.05, 0) is 54.0 Å². The van der Waals surface area contributed by atoms with Gasteiger partial charge >= 0.3 is 18.2 Å². The van der Waals surface area contributed by atoms with E-state index in [1.54, 1.807) is 72.7 Å². The Labute approximate surface area is 182 Å². The fourth-order valence-corrected chi connectivity index (χ4v) is 3.16. The first kappa shape index (κ1) is 24.2. The van der Waals surface area contributed by atoms with Crippen LogP contribution in [0.1, 0.15) is 64.4 Å². The van der Waals surface area contributed by atoms with E-state index < -0.39 is 47.3 Å². The first-order chi connectivity index (χ1) is 14.3. The summed E-state index contributed by atoms with van der Waals surface area (Å²) < 4.78 is 15.8. The van der Waals surface area contributed by atoms with Crippen LogP contribution in [0.25, 0.3) is 0 Å². The molecule has 9 nitrogen and oxygen atoms in total. The molecule has 1 atom stereocenters. The van der Waals surface area contributed by atoms with E-state index in [0.29, 0.717) is 10.6 Å². The van der Waals surface area contributed by atoms with Gasteiger partial charge in [-0.15, -0.1) is 0 Å². The summed E-state index contributed by atoms with van der Waals surface area (Å²) in [7, 11) is 0. The zero-order valence-corrected chi connectivity index (χ0v) is 19.0. The molecule has 0 heterocycles. The van der Waals surface area contributed by atoms with Crippen molar-refractivity contribution in [1.82, 2.24) is 10.4 Å². The third kappa shape index (κ3) is 5.34. The SMILES string of the molecule is CC(C)OC(=O)NN(C(=O)OC(C)C)[C@]1(C(=O)OC(C)(C)C)Cc2ccccc2C1=O. The predicted molar refractivity (Wildman–Crippen MR) is 111 cm³/mol. The number of nitrogens with zero attached hydrogens (tertiary/aromatic N) is 1. The van der Waals surface area contributed by atoms with Gasteiger partial charge in [0.2, 0.25) is 11.3 Å². The lowest BCUT2D eigenvalue weighted by molar-refractivity contribution is -0.166. The number of amides is 2. The molecule has 2 rings (SSSR count). The van der Waals surface area contributed by atoms with E-state index in [0.717, 1.165) is 0 Å². The van der Waals surface area contributed by atoms with E-state index in [9.17, 15) is 19.2 Å². The standard InChI is InChI=1S/C22H30N2O7/c1-13(2)29-19(27)23-24(20(28)30-14(3)4)22(18(26)31-21(5,6)7)12-15-10-8-9-11-16(15)17(22)25/h8-11,13-14H,12H2,1-7H3,(H,23,27)/t22-/m1/s1. The Kier molecular flexibility index (Phi) is 6.98. The number of carbonyl (C=O) groups is 4. The second kappa shape index (κ2) is 8.95. The number of ether oxygens (including phenoxy) is 3. The Bertz CT molecular complexity index is 873. The molecule has 0 aliphatic heterocycles. The average Bonchev–Trinajstić information content (AvgIpc) is 2.91. The minimum atomic E-state index is -2.18. The highest BCUT2D eigenvalue weighted by Gasteiger charge is 2.61. The highest BCUT2D eigenvalue weighted by molar-refractivity contribution is 6.21. The van der Waals surface area contributed by atoms with Crippen LogP contribution in [0.4, 0.5) is 9.59 Å². The molecule has 0 saturated heterocycles. The quantitative estimate of drug-likeness (QED) is 0.335. The van der Waals surface area contributed by atoms with E-state index in [1.807, 2.05) is 0 Å². The summed E-state index contributed by atoms with van der Waals surface area (Å²) in [5, 5.41) is 0.605. The maximum absolute atomic E-state index is 13.5. The number of hydrogen-bond acceptors (Lipinski definition) is 7. The average molecular weight is 434 g/mol. The number of ketones is 1. The fourth-order valence-electron chi connectivity index (χ4n) is 3.16. The van der Waals surface area contributed by atoms with Crippen LogP contribution in [0, 0.1) is 0 Å². The van der Waals surface area contributed by atoms with Crippen molar-refractivity contribution < 1.29 is 33.4 Å². The molecular weight excluding hydrogens is 404 g/mol. The van der Waals surface area contributed by atoms with E-state index in [2.05, 4.69) is 5.43 Å². The van der Waals surface area contributed by atoms with Gasteiger partial charge in [0.1, 0.15) is 5.60 Å². The number of rotatable bonds is 4. The van der Waals surface area contributed by atoms with E-state index in [-0.39, 0.29) is 12.0 Å². The molecule has 1 N–H and O–H groups in total. The van der Waals surface area contributed by atoms with Crippen molar-refractivity contribution in [2.75, 3.05) is 0 Å². The zero-order chi connectivity index (χ0) is 23.6. The molecule has 0 spiro atoms. The zero-order valence-electron chi connectivity index (χ0n) is 19.0. The third-order valence-electron chi connectivity index (χ3n) is 4.27. The molecule has 1 aliphatic carbocycles. The summed E-state index contributed by atoms with van der Waals surface area (Å²) in [5.41, 5.74) is -0.0902. The van der Waals surface area contributed by atoms with Gasteiger partial charge in [-0.2, -0.15) is 5.01 Å². The summed E-state index contributed by atoms with van der Waals surface area (Å²) in [4.78, 5) is 52.4. The topological polar surface area (TPSA) is 111 Å². The molecule has 0 saturated carbocycles. The van der Waals surface area contributed by atoms with Crippen molar-refractivity contribution in [3.63, 3.8) is 0 Å². The summed E-state index contributed by atoms with van der Waals surface area (Å²) in [6.45, 7) is 11.4. The van der Waals surface area contributed by atoms with Crippen LogP contribution in [0.5, 0.6) is 0 Å². The number of hydrogen-bond donors (Lipinski definition) is 1. The second-order valence-corrected chi connectivity index (χ2v) is 8.86. The van der Waals surface area contributed by atoms with Crippen molar-refractivity contribution in [3.8, 4) is 0 Å². The van der Waals surface area contributed by atoms with Gasteiger partial charge in [0, 0.05) is 12.0 Å². The molecule has 0 radical (unpaired) electrons. The number of carbonyl (C=O) groups excluding carboxylic acids is 4. The maximum Gasteiger partial charge on any atom is 0.430 e. The first-order valence-electron chi connectivity index (χ1n) is 10.1. The number of hydrazine groups is 1. The fraction of sp³-hybridized carbons (Fsp3) is 0.545. The Balaban J connectivity index is 2.61. The summed E-state index contributed by atoms with van der Waals surface area (Å²) in [6.07, 6.45) is -3.36. The van der Waals surface area contributed by atoms with Gasteiger partial charge in [0.05, 0.1) is 12.2 Å². The Hall–Kier alpha value is -3.10. The molecule has 1 aromatic carbocycles. The Morgan fingerprint density at radius 2 is 1.61 bits per heavy atom. The molecule has 2 amide bonds. The van der Waals surface area contributed by atoms with Crippen LogP contribution in [-0.4, -0.2) is 52.3 Å². The smallest absolute Gasteiger partial charge is 0.430 e. The minimum Gasteiger partial charge on any atom is -0.458 e. The van der Waals surface area contributed by atoms with Crippen LogP contribution in [0.3, 0.4) is 0 Å². The van der Waals surface area contributed by atoms with E-state index >= 15 is 0 Å². The van der Waals surface area contributed by atoms with Gasteiger partial charge in [0.25, 0.3) is 0 Å². The van der Waals surface area contributed by atoms with Crippen molar-refractivity contribution in [3.05, 3.63) is 35.4 Å². The van der Waals surface area contributed by atoms with Crippen LogP contribution in [0.15, 0.2) is 24.3 Å². The lowest BCUT2D eigenvalue weighted by atomic mass is 9.93. The molecule has 31 heavy (non-hydrogen) atoms. The summed E-state index contributed by atoms with van der Waals surface area (Å²) in [6, 6.07) is 6.60. The monoisotopic (exact) mass is 434 g/mol. The van der Waals surface area contributed by atoms with Crippen molar-refractivity contribution in [1.29, 1.82) is 0 Å². The van der Waals surface area contributed by atoms with Gasteiger partial charge in [-0.1, -0.05) is 24.3 Å². The van der Waals surface area contributed by atoms with Crippen molar-refractivity contribution >= 4 is 23.9 Å². The minimum absolute atomic E-state index is 0.188. The lowest BCUT2D eigenvalue weighted by Gasteiger charge is -2.38. The normalized spacial score (nSPS) is 17.9. The van der Waals surface area contributed by atoms with Crippen molar-refractivity contribution in [2.24, 2.45) is 0 Å². The largest absolute Gasteiger partial charge is 0.458 e. The van der Waals surface area contributed by atoms with Gasteiger partial charge in [0.15, 0.2) is 0 Å². The molecule has 1 aliphatic rings. The Morgan fingerprint density at radius 1 is 1.03 bits per heavy atom. The number of fused-ring (bicyclic) bond motifs is 1. The summed E-state index contributed by atoms with van der Waals surface area (Å²) in [5.74, 6) is -1.66. The van der Waals surface area contributed by atoms with E-state index in [1.165, 1.54) is 0 Å². The third-order valence-corrected chi connectivity index (χ3v) is 4.27.